The van der Waals surface area contributed by atoms with Crippen LogP contribution in [0.3, 0.4) is 0 Å². The quantitative estimate of drug-likeness (QED) is 0.447. The van der Waals surface area contributed by atoms with Crippen molar-refractivity contribution < 1.29 is 4.79 Å². The first kappa shape index (κ1) is 9.42. The summed E-state index contributed by atoms with van der Waals surface area (Å²) in [6, 6.07) is 0. The highest BCUT2D eigenvalue weighted by Gasteiger charge is 2.17. The third-order valence-electron chi connectivity index (χ3n) is 3.05. The molecule has 0 aromatic rings. The van der Waals surface area contributed by atoms with Crippen molar-refractivity contribution >= 4 is 5.71 Å². The zero-order chi connectivity index (χ0) is 9.80. The molecular formula is C12H16N2. The van der Waals surface area contributed by atoms with Gasteiger partial charge in [0.25, 0.3) is 5.71 Å². The second kappa shape index (κ2) is 4.39. The van der Waals surface area contributed by atoms with Crippen molar-refractivity contribution in [1.29, 1.82) is 0 Å². The van der Waals surface area contributed by atoms with E-state index in [1.807, 2.05) is 0 Å². The highest BCUT2D eigenvalue weighted by atomic mass is 14.9. The summed E-state index contributed by atoms with van der Waals surface area (Å²) in [5, 5.41) is 0. The van der Waals surface area contributed by atoms with Crippen LogP contribution < -0.4 is 0 Å². The monoisotopic (exact) mass is 188 g/mol. The zero-order valence-corrected chi connectivity index (χ0v) is 8.50. The Morgan fingerprint density at radius 3 is 2.57 bits per heavy atom. The summed E-state index contributed by atoms with van der Waals surface area (Å²) >= 11 is 0. The minimum absolute atomic E-state index is 0.845. The van der Waals surface area contributed by atoms with Crippen LogP contribution in [0.15, 0.2) is 23.3 Å². The first-order valence-corrected chi connectivity index (χ1v) is 5.51. The van der Waals surface area contributed by atoms with E-state index in [4.69, 9.17) is 5.53 Å². The van der Waals surface area contributed by atoms with Crippen molar-refractivity contribution in [2.75, 3.05) is 0 Å². The van der Waals surface area contributed by atoms with E-state index in [2.05, 4.69) is 16.9 Å². The molecule has 0 atom stereocenters. The van der Waals surface area contributed by atoms with Crippen LogP contribution in [0.4, 0.5) is 0 Å². The minimum atomic E-state index is 0.845. The normalized spacial score (nSPS) is 22.4. The Balaban J connectivity index is 2.20. The van der Waals surface area contributed by atoms with Gasteiger partial charge >= 0.3 is 0 Å². The Morgan fingerprint density at radius 2 is 1.86 bits per heavy atom. The predicted molar refractivity (Wildman–Crippen MR) is 57.1 cm³/mol. The molecule has 0 aromatic carbocycles. The van der Waals surface area contributed by atoms with Crippen molar-refractivity contribution in [3.63, 3.8) is 0 Å². The molecule has 0 N–H and O–H groups in total. The van der Waals surface area contributed by atoms with Crippen molar-refractivity contribution in [1.82, 2.24) is 0 Å². The molecule has 0 saturated carbocycles. The van der Waals surface area contributed by atoms with Gasteiger partial charge in [-0.15, -0.1) is 0 Å². The van der Waals surface area contributed by atoms with Gasteiger partial charge in [-0.05, 0) is 49.7 Å². The Bertz CT molecular complexity index is 330. The zero-order valence-electron chi connectivity index (χ0n) is 8.50. The van der Waals surface area contributed by atoms with Gasteiger partial charge in [0.05, 0.1) is 0 Å². The van der Waals surface area contributed by atoms with E-state index in [0.29, 0.717) is 0 Å². The maximum atomic E-state index is 8.73. The van der Waals surface area contributed by atoms with E-state index in [1.165, 1.54) is 36.8 Å². The summed E-state index contributed by atoms with van der Waals surface area (Å²) < 4.78 is 0. The maximum Gasteiger partial charge on any atom is 0.292 e. The van der Waals surface area contributed by atoms with Crippen molar-refractivity contribution in [2.45, 2.75) is 44.9 Å². The van der Waals surface area contributed by atoms with Gasteiger partial charge in [-0.3, -0.25) is 0 Å². The molecule has 0 bridgehead atoms. The highest BCUT2D eigenvalue weighted by Crippen LogP contribution is 2.29. The van der Waals surface area contributed by atoms with E-state index < -0.39 is 0 Å². The number of hydrogen-bond acceptors (Lipinski definition) is 0. The number of hydrogen-bond donors (Lipinski definition) is 0. The standard InChI is InChI=1S/C12H16N2/c13-14-12-8-4-7-11(9-12)10-5-2-1-3-6-10/h5,9H,1-4,6-8H2. The minimum Gasteiger partial charge on any atom is -0.361 e. The summed E-state index contributed by atoms with van der Waals surface area (Å²) in [7, 11) is 0. The average Bonchev–Trinajstić information content (AvgIpc) is 2.30. The third kappa shape index (κ3) is 2.02. The molecule has 0 aliphatic heterocycles. The van der Waals surface area contributed by atoms with E-state index in [0.717, 1.165) is 25.0 Å². The van der Waals surface area contributed by atoms with E-state index >= 15 is 0 Å². The van der Waals surface area contributed by atoms with Gasteiger partial charge in [0.1, 0.15) is 0 Å². The second-order valence-electron chi connectivity index (χ2n) is 4.09. The lowest BCUT2D eigenvalue weighted by Crippen LogP contribution is -2.07. The second-order valence-corrected chi connectivity index (χ2v) is 4.09. The third-order valence-corrected chi connectivity index (χ3v) is 3.05. The summed E-state index contributed by atoms with van der Waals surface area (Å²) in [6.07, 6.45) is 12.7. The fourth-order valence-electron chi connectivity index (χ4n) is 2.27. The molecule has 0 amide bonds. The van der Waals surface area contributed by atoms with Crippen LogP contribution in [0.25, 0.3) is 5.53 Å². The van der Waals surface area contributed by atoms with Crippen molar-refractivity contribution in [3.8, 4) is 0 Å². The Kier molecular flexibility index (Phi) is 2.95. The molecule has 0 spiro atoms. The molecule has 0 radical (unpaired) electrons. The SMILES string of the molecule is [N-]=[N+]=C1C=C(C2=CCCCC2)CCC1. The predicted octanol–water partition coefficient (Wildman–Crippen LogP) is 3.27. The molecule has 0 aromatic heterocycles. The van der Waals surface area contributed by atoms with Crippen LogP contribution in [0.1, 0.15) is 44.9 Å². The number of allylic oxidation sites excluding steroid dienone is 4. The van der Waals surface area contributed by atoms with Gasteiger partial charge in [-0.25, -0.2) is 0 Å². The van der Waals surface area contributed by atoms with Crippen molar-refractivity contribution in [3.05, 3.63) is 28.8 Å². The Morgan fingerprint density at radius 1 is 1.00 bits per heavy atom. The summed E-state index contributed by atoms with van der Waals surface area (Å²) in [5.74, 6) is 0. The lowest BCUT2D eigenvalue weighted by molar-refractivity contribution is -0.00682. The van der Waals surface area contributed by atoms with Crippen molar-refractivity contribution in [2.24, 2.45) is 0 Å². The van der Waals surface area contributed by atoms with Crippen LogP contribution in [-0.2, 0) is 0 Å². The number of nitrogens with zero attached hydrogens (tertiary/aromatic N) is 2. The van der Waals surface area contributed by atoms with Gasteiger partial charge in [0.15, 0.2) is 0 Å². The lowest BCUT2D eigenvalue weighted by atomic mass is 9.87. The van der Waals surface area contributed by atoms with E-state index in [-0.39, 0.29) is 0 Å². The van der Waals surface area contributed by atoms with Crippen LogP contribution in [-0.4, -0.2) is 10.5 Å². The van der Waals surface area contributed by atoms with E-state index in [9.17, 15) is 0 Å². The summed E-state index contributed by atoms with van der Waals surface area (Å²) in [5.41, 5.74) is 12.5. The van der Waals surface area contributed by atoms with Crippen LogP contribution in [0.5, 0.6) is 0 Å². The molecule has 0 saturated heterocycles. The smallest absolute Gasteiger partial charge is 0.292 e. The lowest BCUT2D eigenvalue weighted by Gasteiger charge is -2.17. The molecule has 14 heavy (non-hydrogen) atoms. The average molecular weight is 188 g/mol. The summed E-state index contributed by atoms with van der Waals surface area (Å²) in [4.78, 5) is 3.31. The molecule has 2 nitrogen and oxygen atoms in total. The van der Waals surface area contributed by atoms with Crippen LogP contribution in [0.2, 0.25) is 0 Å². The number of rotatable bonds is 1. The molecule has 0 heterocycles. The maximum absolute atomic E-state index is 8.73. The Labute approximate surface area is 84.9 Å². The molecule has 2 heteroatoms. The fourth-order valence-corrected chi connectivity index (χ4v) is 2.27. The van der Waals surface area contributed by atoms with Gasteiger partial charge in [0.2, 0.25) is 0 Å². The van der Waals surface area contributed by atoms with E-state index in [1.54, 1.807) is 0 Å². The fraction of sp³-hybridized carbons (Fsp3) is 0.583. The first-order valence-electron chi connectivity index (χ1n) is 5.51. The Hall–Kier alpha value is -1.14. The van der Waals surface area contributed by atoms with Gasteiger partial charge in [0, 0.05) is 12.5 Å². The molecule has 74 valence electrons. The largest absolute Gasteiger partial charge is 0.361 e. The molecule has 2 rings (SSSR count). The molecule has 0 unspecified atom stereocenters. The van der Waals surface area contributed by atoms with Gasteiger partial charge < -0.3 is 5.53 Å². The molecular weight excluding hydrogens is 172 g/mol. The topological polar surface area (TPSA) is 36.4 Å². The van der Waals surface area contributed by atoms with Crippen LogP contribution in [0, 0.1) is 0 Å². The molecule has 2 aliphatic carbocycles. The van der Waals surface area contributed by atoms with Crippen LogP contribution >= 0.6 is 0 Å². The van der Waals surface area contributed by atoms with Gasteiger partial charge in [-0.2, -0.15) is 4.79 Å². The first-order chi connectivity index (χ1) is 6.90. The summed E-state index contributed by atoms with van der Waals surface area (Å²) in [6.45, 7) is 0. The molecule has 0 fully saturated rings. The highest BCUT2D eigenvalue weighted by molar-refractivity contribution is 5.92. The van der Waals surface area contributed by atoms with Gasteiger partial charge in [-0.1, -0.05) is 6.08 Å². The molecule has 2 aliphatic rings.